The van der Waals surface area contributed by atoms with Gasteiger partial charge in [-0.3, -0.25) is 0 Å². The number of hydrogen-bond acceptors (Lipinski definition) is 1. The van der Waals surface area contributed by atoms with Gasteiger partial charge in [-0.2, -0.15) is 0 Å². The summed E-state index contributed by atoms with van der Waals surface area (Å²) in [5.74, 6) is 0. The molecule has 9 heavy (non-hydrogen) atoms. The van der Waals surface area contributed by atoms with Crippen LogP contribution in [0.3, 0.4) is 0 Å². The molecule has 0 spiro atoms. The molecular weight excluding hydrogens is 148 g/mol. The molecule has 0 rings (SSSR count). The van der Waals surface area contributed by atoms with Crippen LogP contribution in [0.2, 0.25) is 0 Å². The Labute approximate surface area is 46.5 Å². The van der Waals surface area contributed by atoms with Crippen LogP contribution in [0.15, 0.2) is 0 Å². The first-order chi connectivity index (χ1) is 3.73. The van der Waals surface area contributed by atoms with Gasteiger partial charge in [0.2, 0.25) is 0 Å². The molecule has 56 valence electrons. The molecule has 0 heterocycles. The Morgan fingerprint density at radius 3 is 1.11 bits per heavy atom. The van der Waals surface area contributed by atoms with Gasteiger partial charge in [0.25, 0.3) is 0 Å². The Morgan fingerprint density at radius 1 is 1.11 bits per heavy atom. The van der Waals surface area contributed by atoms with Gasteiger partial charge in [0, 0.05) is 0 Å². The van der Waals surface area contributed by atoms with E-state index in [0.717, 1.165) is 0 Å². The van der Waals surface area contributed by atoms with Gasteiger partial charge in [0.1, 0.15) is 0 Å². The third-order valence-corrected chi connectivity index (χ3v) is 0. The minimum atomic E-state index is -5.50. The quantitative estimate of drug-likeness (QED) is 0.516. The summed E-state index contributed by atoms with van der Waals surface area (Å²) >= 11 is 0. The summed E-state index contributed by atoms with van der Waals surface area (Å²) in [4.78, 5) is 8.56. The number of hydrogen-bond donors (Lipinski definition) is 2. The molecule has 0 bridgehead atoms. The topological polar surface area (TPSA) is 57.5 Å². The van der Waals surface area contributed by atoms with E-state index >= 15 is 0 Å². The monoisotopic (exact) mass is 150 g/mol. The van der Waals surface area contributed by atoms with Crippen LogP contribution in [0.4, 0.5) is 22.4 Å². The Balaban J connectivity index is 0. The summed E-state index contributed by atoms with van der Waals surface area (Å²) in [6, 6.07) is 0. The second-order valence-electron chi connectivity index (χ2n) is 0.711. The first kappa shape index (κ1) is 10.9. The molecule has 0 aromatic rings. The van der Waals surface area contributed by atoms with Gasteiger partial charge < -0.3 is 10.2 Å². The van der Waals surface area contributed by atoms with Crippen LogP contribution in [-0.2, 0) is 0 Å². The summed E-state index contributed by atoms with van der Waals surface area (Å²) in [6.07, 6.45) is -7.33. The summed E-state index contributed by atoms with van der Waals surface area (Å²) in [5.41, 5.74) is 0. The molecule has 0 aromatic carbocycles. The Kier molecular flexibility index (Phi) is 4.75. The highest BCUT2D eigenvalue weighted by Crippen LogP contribution is 2.13. The maximum atomic E-state index is 9.69. The van der Waals surface area contributed by atoms with E-state index in [9.17, 15) is 17.6 Å². The van der Waals surface area contributed by atoms with Crippen molar-refractivity contribution in [2.45, 2.75) is 6.43 Å². The second kappa shape index (κ2) is 3.93. The van der Waals surface area contributed by atoms with Gasteiger partial charge >= 0.3 is 12.6 Å². The molecule has 0 saturated carbocycles. The first-order valence-corrected chi connectivity index (χ1v) is 1.41. The van der Waals surface area contributed by atoms with Crippen molar-refractivity contribution < 1.29 is 32.6 Å². The van der Waals surface area contributed by atoms with Crippen LogP contribution in [0.25, 0.3) is 0 Å². The number of halogens is 4. The smallest absolute Gasteiger partial charge is 0.450 e. The average Bonchev–Trinajstić information content (AvgIpc) is 1.19. The highest BCUT2D eigenvalue weighted by molar-refractivity contribution is 5.53. The fraction of sp³-hybridized carbons (Fsp3) is 0.500. The second-order valence-corrected chi connectivity index (χ2v) is 0.711. The molecule has 2 N–H and O–H groups in total. The maximum absolute atomic E-state index is 9.69. The zero-order valence-electron chi connectivity index (χ0n) is 3.81. The summed E-state index contributed by atoms with van der Waals surface area (Å²) in [5, 5.41) is 13.9. The van der Waals surface area contributed by atoms with Gasteiger partial charge in [-0.1, -0.05) is 0 Å². The molecular formula is C2H2F4O3. The third-order valence-electron chi connectivity index (χ3n) is 0. The first-order valence-electron chi connectivity index (χ1n) is 1.41. The lowest BCUT2D eigenvalue weighted by Crippen LogP contribution is -1.92. The van der Waals surface area contributed by atoms with Crippen molar-refractivity contribution in [1.29, 1.82) is 0 Å². The zero-order valence-corrected chi connectivity index (χ0v) is 3.81. The van der Waals surface area contributed by atoms with Crippen LogP contribution >= 0.6 is 0 Å². The molecule has 0 atom stereocenters. The van der Waals surface area contributed by atoms with E-state index in [-0.39, 0.29) is 0 Å². The summed E-state index contributed by atoms with van der Waals surface area (Å²) in [7, 11) is 0. The SMILES string of the molecule is FC(F)(F)F.O=C(O)O. The maximum Gasteiger partial charge on any atom is 0.559 e. The van der Waals surface area contributed by atoms with Crippen molar-refractivity contribution in [1.82, 2.24) is 0 Å². The van der Waals surface area contributed by atoms with E-state index in [1.165, 1.54) is 0 Å². The number of carbonyl (C=O) groups is 1. The van der Waals surface area contributed by atoms with Crippen LogP contribution in [0.5, 0.6) is 0 Å². The zero-order chi connectivity index (χ0) is 8.08. The molecule has 0 radical (unpaired) electrons. The van der Waals surface area contributed by atoms with E-state index in [1.54, 1.807) is 0 Å². The standard InChI is InChI=1S/CF4.CH2O3/c2-1(3,4)5;2-1(3)4/h;(H2,2,3,4). The van der Waals surface area contributed by atoms with Gasteiger partial charge in [0.05, 0.1) is 0 Å². The fourth-order valence-electron chi connectivity index (χ4n) is 0. The van der Waals surface area contributed by atoms with Gasteiger partial charge in [-0.15, -0.1) is 17.6 Å². The fourth-order valence-corrected chi connectivity index (χ4v) is 0. The highest BCUT2D eigenvalue weighted by atomic mass is 19.5. The Bertz CT molecular complexity index is 76.3. The van der Waals surface area contributed by atoms with E-state index < -0.39 is 12.6 Å². The lowest BCUT2D eigenvalue weighted by molar-refractivity contribution is -0.237. The highest BCUT2D eigenvalue weighted by Gasteiger charge is 2.24. The van der Waals surface area contributed by atoms with Gasteiger partial charge in [-0.25, -0.2) is 4.79 Å². The van der Waals surface area contributed by atoms with E-state index in [2.05, 4.69) is 0 Å². The summed E-state index contributed by atoms with van der Waals surface area (Å²) in [6.45, 7) is 0. The average molecular weight is 150 g/mol. The summed E-state index contributed by atoms with van der Waals surface area (Å²) < 4.78 is 38.8. The molecule has 0 aliphatic carbocycles. The number of rotatable bonds is 0. The molecule has 7 heteroatoms. The predicted octanol–water partition coefficient (Wildman–Crippen LogP) is 1.70. The van der Waals surface area contributed by atoms with Crippen LogP contribution < -0.4 is 0 Å². The Morgan fingerprint density at radius 2 is 1.11 bits per heavy atom. The number of alkyl halides is 4. The third kappa shape index (κ3) is 171. The van der Waals surface area contributed by atoms with Crippen molar-refractivity contribution >= 4 is 6.16 Å². The van der Waals surface area contributed by atoms with Crippen LogP contribution in [0.1, 0.15) is 0 Å². The molecule has 3 nitrogen and oxygen atoms in total. The van der Waals surface area contributed by atoms with Crippen molar-refractivity contribution in [3.63, 3.8) is 0 Å². The van der Waals surface area contributed by atoms with Crippen molar-refractivity contribution in [3.8, 4) is 0 Å². The Hall–Kier alpha value is -1.01. The molecule has 0 fully saturated rings. The predicted molar refractivity (Wildman–Crippen MR) is 17.8 cm³/mol. The van der Waals surface area contributed by atoms with Crippen molar-refractivity contribution in [2.24, 2.45) is 0 Å². The van der Waals surface area contributed by atoms with E-state index in [1.807, 2.05) is 0 Å². The largest absolute Gasteiger partial charge is 0.559 e. The van der Waals surface area contributed by atoms with Crippen molar-refractivity contribution in [3.05, 3.63) is 0 Å². The minimum Gasteiger partial charge on any atom is -0.450 e. The molecule has 0 aromatic heterocycles. The van der Waals surface area contributed by atoms with E-state index in [0.29, 0.717) is 0 Å². The number of carboxylic acid groups (broad SMARTS) is 2. The molecule has 0 saturated heterocycles. The molecule has 0 unspecified atom stereocenters. The van der Waals surface area contributed by atoms with Crippen molar-refractivity contribution in [2.75, 3.05) is 0 Å². The van der Waals surface area contributed by atoms with Crippen LogP contribution in [0, 0.1) is 0 Å². The molecule has 0 aliphatic heterocycles. The minimum absolute atomic E-state index is 1.83. The van der Waals surface area contributed by atoms with Gasteiger partial charge in [0.15, 0.2) is 0 Å². The van der Waals surface area contributed by atoms with Crippen LogP contribution in [-0.4, -0.2) is 22.8 Å². The molecule has 0 amide bonds. The lowest BCUT2D eigenvalue weighted by Gasteiger charge is -1.82. The molecule has 0 aliphatic rings. The lowest BCUT2D eigenvalue weighted by atomic mass is 11.5. The van der Waals surface area contributed by atoms with Gasteiger partial charge in [-0.05, 0) is 0 Å². The van der Waals surface area contributed by atoms with E-state index in [4.69, 9.17) is 15.0 Å². The normalized spacial score (nSPS) is 9.33.